The number of sulfone groups is 1. The van der Waals surface area contributed by atoms with Gasteiger partial charge in [0, 0.05) is 16.3 Å². The van der Waals surface area contributed by atoms with Crippen LogP contribution in [0.2, 0.25) is 0 Å². The van der Waals surface area contributed by atoms with E-state index >= 15 is 0 Å². The van der Waals surface area contributed by atoms with Crippen LogP contribution in [0.25, 0.3) is 0 Å². The number of hydrogen-bond acceptors (Lipinski definition) is 3. The third-order valence-corrected chi connectivity index (χ3v) is 5.62. The molecule has 0 aliphatic carbocycles. The van der Waals surface area contributed by atoms with Crippen molar-refractivity contribution in [1.29, 1.82) is 0 Å². The van der Waals surface area contributed by atoms with Crippen LogP contribution in [0.4, 0.5) is 0 Å². The van der Waals surface area contributed by atoms with Crippen LogP contribution in [-0.2, 0) is 9.84 Å². The predicted octanol–water partition coefficient (Wildman–Crippen LogP) is 3.70. The van der Waals surface area contributed by atoms with E-state index in [1.54, 1.807) is 6.92 Å². The normalized spacial score (nSPS) is 13.3. The van der Waals surface area contributed by atoms with Crippen molar-refractivity contribution in [3.05, 3.63) is 34.3 Å². The van der Waals surface area contributed by atoms with E-state index in [9.17, 15) is 8.42 Å². The summed E-state index contributed by atoms with van der Waals surface area (Å²) in [5, 5.41) is 3.50. The van der Waals surface area contributed by atoms with Crippen molar-refractivity contribution in [2.24, 2.45) is 0 Å². The van der Waals surface area contributed by atoms with Gasteiger partial charge < -0.3 is 5.32 Å². The van der Waals surface area contributed by atoms with Crippen LogP contribution in [0.1, 0.15) is 44.7 Å². The molecule has 1 aromatic rings. The Bertz CT molecular complexity index is 485. The van der Waals surface area contributed by atoms with Crippen molar-refractivity contribution < 1.29 is 8.42 Å². The molecular formula is C15H24BrNO2S. The SMILES string of the molecule is CCCNC(CCCS(=O)(=O)CC)c1ccc(Br)cc1. The summed E-state index contributed by atoms with van der Waals surface area (Å²) in [5.74, 6) is 0.517. The van der Waals surface area contributed by atoms with Gasteiger partial charge in [0.15, 0.2) is 0 Å². The van der Waals surface area contributed by atoms with Crippen molar-refractivity contribution in [2.45, 2.75) is 39.2 Å². The van der Waals surface area contributed by atoms with Crippen LogP contribution in [0.15, 0.2) is 28.7 Å². The zero-order valence-corrected chi connectivity index (χ0v) is 14.6. The van der Waals surface area contributed by atoms with Crippen molar-refractivity contribution in [1.82, 2.24) is 5.32 Å². The van der Waals surface area contributed by atoms with Crippen molar-refractivity contribution >= 4 is 25.8 Å². The van der Waals surface area contributed by atoms with Gasteiger partial charge >= 0.3 is 0 Å². The topological polar surface area (TPSA) is 46.2 Å². The zero-order valence-electron chi connectivity index (χ0n) is 12.2. The average molecular weight is 362 g/mol. The average Bonchev–Trinajstić information content (AvgIpc) is 2.43. The fourth-order valence-electron chi connectivity index (χ4n) is 2.05. The molecule has 0 aliphatic rings. The van der Waals surface area contributed by atoms with Gasteiger partial charge in [0.2, 0.25) is 0 Å². The van der Waals surface area contributed by atoms with Gasteiger partial charge in [0.25, 0.3) is 0 Å². The van der Waals surface area contributed by atoms with Gasteiger partial charge in [0.1, 0.15) is 9.84 Å². The Hall–Kier alpha value is -0.390. The van der Waals surface area contributed by atoms with E-state index in [1.807, 2.05) is 12.1 Å². The maximum Gasteiger partial charge on any atom is 0.150 e. The summed E-state index contributed by atoms with van der Waals surface area (Å²) in [6.07, 6.45) is 2.62. The first-order chi connectivity index (χ1) is 9.48. The molecule has 1 atom stereocenters. The van der Waals surface area contributed by atoms with E-state index in [-0.39, 0.29) is 17.5 Å². The molecule has 0 saturated carbocycles. The van der Waals surface area contributed by atoms with Crippen LogP contribution >= 0.6 is 15.9 Å². The van der Waals surface area contributed by atoms with Gasteiger partial charge in [-0.05, 0) is 43.5 Å². The fourth-order valence-corrected chi connectivity index (χ4v) is 3.21. The van der Waals surface area contributed by atoms with Crippen molar-refractivity contribution in [3.8, 4) is 0 Å². The summed E-state index contributed by atoms with van der Waals surface area (Å²) in [7, 11) is -2.86. The molecule has 0 aliphatic heterocycles. The highest BCUT2D eigenvalue weighted by molar-refractivity contribution is 9.10. The number of nitrogens with one attached hydrogen (secondary N) is 1. The Morgan fingerprint density at radius 1 is 1.20 bits per heavy atom. The first-order valence-electron chi connectivity index (χ1n) is 7.17. The fraction of sp³-hybridized carbons (Fsp3) is 0.600. The molecule has 3 nitrogen and oxygen atoms in total. The number of hydrogen-bond donors (Lipinski definition) is 1. The van der Waals surface area contributed by atoms with E-state index in [2.05, 4.69) is 40.3 Å². The lowest BCUT2D eigenvalue weighted by atomic mass is 10.0. The van der Waals surface area contributed by atoms with Gasteiger partial charge in [0.05, 0.1) is 5.75 Å². The maximum atomic E-state index is 11.5. The Balaban J connectivity index is 2.62. The summed E-state index contributed by atoms with van der Waals surface area (Å²) >= 11 is 3.44. The summed E-state index contributed by atoms with van der Waals surface area (Å²) in [4.78, 5) is 0. The Morgan fingerprint density at radius 3 is 2.40 bits per heavy atom. The minimum Gasteiger partial charge on any atom is -0.310 e. The molecule has 0 saturated heterocycles. The second-order valence-corrected chi connectivity index (χ2v) is 8.33. The minimum atomic E-state index is -2.86. The van der Waals surface area contributed by atoms with E-state index in [4.69, 9.17) is 0 Å². The smallest absolute Gasteiger partial charge is 0.150 e. The van der Waals surface area contributed by atoms with Crippen LogP contribution in [0, 0.1) is 0 Å². The van der Waals surface area contributed by atoms with E-state index in [0.717, 1.165) is 23.9 Å². The van der Waals surface area contributed by atoms with E-state index in [0.29, 0.717) is 6.42 Å². The molecule has 1 aromatic carbocycles. The second-order valence-electron chi connectivity index (χ2n) is 4.94. The molecule has 5 heteroatoms. The monoisotopic (exact) mass is 361 g/mol. The summed E-state index contributed by atoms with van der Waals surface area (Å²) in [6, 6.07) is 8.46. The zero-order chi connectivity index (χ0) is 15.0. The number of benzene rings is 1. The highest BCUT2D eigenvalue weighted by atomic mass is 79.9. The summed E-state index contributed by atoms with van der Waals surface area (Å²) < 4.78 is 24.2. The first kappa shape index (κ1) is 17.7. The molecule has 0 fully saturated rings. The third kappa shape index (κ3) is 6.37. The maximum absolute atomic E-state index is 11.5. The number of rotatable bonds is 9. The van der Waals surface area contributed by atoms with Crippen LogP contribution in [0.3, 0.4) is 0 Å². The number of halogens is 1. The largest absolute Gasteiger partial charge is 0.310 e. The highest BCUT2D eigenvalue weighted by Gasteiger charge is 2.13. The molecule has 0 amide bonds. The van der Waals surface area contributed by atoms with Gasteiger partial charge in [-0.15, -0.1) is 0 Å². The van der Waals surface area contributed by atoms with Gasteiger partial charge in [-0.25, -0.2) is 8.42 Å². The lowest BCUT2D eigenvalue weighted by Gasteiger charge is -2.19. The van der Waals surface area contributed by atoms with E-state index in [1.165, 1.54) is 5.56 Å². The Morgan fingerprint density at radius 2 is 1.85 bits per heavy atom. The molecule has 0 bridgehead atoms. The van der Waals surface area contributed by atoms with Crippen molar-refractivity contribution in [3.63, 3.8) is 0 Å². The standard InChI is InChI=1S/C15H24BrNO2S/c1-3-11-17-15(6-5-12-20(18,19)4-2)13-7-9-14(16)10-8-13/h7-10,15,17H,3-6,11-12H2,1-2H3. The Labute approximate surface area is 131 Å². The lowest BCUT2D eigenvalue weighted by molar-refractivity contribution is 0.492. The molecule has 0 radical (unpaired) electrons. The molecule has 1 N–H and O–H groups in total. The van der Waals surface area contributed by atoms with Gasteiger partial charge in [-0.3, -0.25) is 0 Å². The van der Waals surface area contributed by atoms with Crippen LogP contribution in [-0.4, -0.2) is 26.5 Å². The van der Waals surface area contributed by atoms with Gasteiger partial charge in [-0.1, -0.05) is 41.9 Å². The molecule has 1 unspecified atom stereocenters. The summed E-state index contributed by atoms with van der Waals surface area (Å²) in [6.45, 7) is 4.78. The van der Waals surface area contributed by atoms with E-state index < -0.39 is 9.84 Å². The lowest BCUT2D eigenvalue weighted by Crippen LogP contribution is -2.23. The summed E-state index contributed by atoms with van der Waals surface area (Å²) in [5.41, 5.74) is 1.22. The minimum absolute atomic E-state index is 0.232. The molecule has 114 valence electrons. The second kappa shape index (κ2) is 8.80. The van der Waals surface area contributed by atoms with Crippen LogP contribution in [0.5, 0.6) is 0 Å². The Kier molecular flexibility index (Phi) is 7.77. The molecular weight excluding hydrogens is 338 g/mol. The van der Waals surface area contributed by atoms with Gasteiger partial charge in [-0.2, -0.15) is 0 Å². The molecule has 0 heterocycles. The molecule has 20 heavy (non-hydrogen) atoms. The molecule has 0 aromatic heterocycles. The third-order valence-electron chi connectivity index (χ3n) is 3.30. The molecule has 1 rings (SSSR count). The van der Waals surface area contributed by atoms with Crippen LogP contribution < -0.4 is 5.32 Å². The highest BCUT2D eigenvalue weighted by Crippen LogP contribution is 2.21. The first-order valence-corrected chi connectivity index (χ1v) is 9.79. The predicted molar refractivity (Wildman–Crippen MR) is 88.7 cm³/mol. The van der Waals surface area contributed by atoms with Crippen molar-refractivity contribution in [2.75, 3.05) is 18.1 Å². The quantitative estimate of drug-likeness (QED) is 0.729. The molecule has 0 spiro atoms.